The van der Waals surface area contributed by atoms with E-state index in [1.54, 1.807) is 29.4 Å². The molecule has 37 heavy (non-hydrogen) atoms. The molecule has 0 spiro atoms. The summed E-state index contributed by atoms with van der Waals surface area (Å²) in [5.74, 6) is 0.351. The molecule has 0 radical (unpaired) electrons. The van der Waals surface area contributed by atoms with Crippen LogP contribution in [0.25, 0.3) is 0 Å². The van der Waals surface area contributed by atoms with Gasteiger partial charge in [0.25, 0.3) is 5.69 Å². The predicted molar refractivity (Wildman–Crippen MR) is 138 cm³/mol. The second-order valence-electron chi connectivity index (χ2n) is 8.83. The number of rotatable bonds is 12. The number of anilines is 1. The molecule has 9 heteroatoms. The topological polar surface area (TPSA) is 100 Å². The van der Waals surface area contributed by atoms with Gasteiger partial charge in [0.1, 0.15) is 5.75 Å². The monoisotopic (exact) mass is 508 g/mol. The molecule has 1 atom stereocenters. The van der Waals surface area contributed by atoms with Crippen LogP contribution in [0, 0.1) is 10.1 Å². The Balaban J connectivity index is 1.14. The molecule has 9 nitrogen and oxygen atoms in total. The molecule has 196 valence electrons. The van der Waals surface area contributed by atoms with E-state index < -0.39 is 10.9 Å². The second kappa shape index (κ2) is 13.6. The summed E-state index contributed by atoms with van der Waals surface area (Å²) in [5.41, 5.74) is 2.23. The summed E-state index contributed by atoms with van der Waals surface area (Å²) < 4.78 is 22.5. The molecule has 0 N–H and O–H groups in total. The van der Waals surface area contributed by atoms with E-state index in [0.29, 0.717) is 37.3 Å². The van der Waals surface area contributed by atoms with E-state index in [9.17, 15) is 14.9 Å². The van der Waals surface area contributed by atoms with Crippen LogP contribution in [0.3, 0.4) is 0 Å². The molecule has 2 aliphatic rings. The van der Waals surface area contributed by atoms with Gasteiger partial charge in [-0.05, 0) is 49.4 Å². The second-order valence-corrected chi connectivity index (χ2v) is 8.83. The van der Waals surface area contributed by atoms with Crippen LogP contribution in [0.2, 0.25) is 0 Å². The van der Waals surface area contributed by atoms with Crippen molar-refractivity contribution in [1.29, 1.82) is 0 Å². The van der Waals surface area contributed by atoms with Gasteiger partial charge in [-0.1, -0.05) is 24.3 Å². The Morgan fingerprint density at radius 3 is 2.76 bits per heavy atom. The number of non-ortho nitro benzene ring substituents is 1. The van der Waals surface area contributed by atoms with Gasteiger partial charge < -0.3 is 23.8 Å². The quantitative estimate of drug-likeness (QED) is 0.165. The third kappa shape index (κ3) is 8.16. The van der Waals surface area contributed by atoms with Crippen molar-refractivity contribution in [3.8, 4) is 5.75 Å². The maximum absolute atomic E-state index is 12.5. The average molecular weight is 509 g/mol. The molecule has 0 bridgehead atoms. The van der Waals surface area contributed by atoms with Crippen molar-refractivity contribution in [1.82, 2.24) is 0 Å². The molecule has 1 unspecified atom stereocenters. The third-order valence-corrected chi connectivity index (χ3v) is 6.05. The van der Waals surface area contributed by atoms with Gasteiger partial charge in [-0.15, -0.1) is 0 Å². The number of allylic oxidation sites excluding steroid dienone is 1. The summed E-state index contributed by atoms with van der Waals surface area (Å²) >= 11 is 0. The lowest BCUT2D eigenvalue weighted by atomic mass is 10.1. The number of hydrogen-bond donors (Lipinski definition) is 0. The molecular formula is C28H32N2O7. The maximum Gasteiger partial charge on any atom is 0.335 e. The van der Waals surface area contributed by atoms with E-state index in [4.69, 9.17) is 18.9 Å². The molecule has 0 amide bonds. The smallest absolute Gasteiger partial charge is 0.335 e. The Morgan fingerprint density at radius 1 is 1.11 bits per heavy atom. The Labute approximate surface area is 216 Å². The molecule has 1 saturated heterocycles. The summed E-state index contributed by atoms with van der Waals surface area (Å²) in [7, 11) is 0. The van der Waals surface area contributed by atoms with E-state index in [1.165, 1.54) is 17.7 Å². The Morgan fingerprint density at radius 2 is 1.97 bits per heavy atom. The summed E-state index contributed by atoms with van der Waals surface area (Å²) in [4.78, 5) is 24.8. The highest BCUT2D eigenvalue weighted by molar-refractivity contribution is 5.90. The number of benzene rings is 2. The first-order chi connectivity index (χ1) is 18.1. The normalized spacial score (nSPS) is 17.2. The molecule has 2 heterocycles. The first-order valence-electron chi connectivity index (χ1n) is 12.6. The largest absolute Gasteiger partial charge is 0.493 e. The van der Waals surface area contributed by atoms with Crippen LogP contribution in [-0.2, 0) is 25.4 Å². The average Bonchev–Trinajstić information content (AvgIpc) is 2.94. The SMILES string of the molecule is O=C(OCCCOc1ccc(CCOC2CCCCO2)cc1)C1=CN(c2cccc([N+](=O)[O-])c2)C=CC1. The zero-order chi connectivity index (χ0) is 25.9. The lowest BCUT2D eigenvalue weighted by Crippen LogP contribution is -2.23. The highest BCUT2D eigenvalue weighted by atomic mass is 16.7. The standard InChI is InChI=1S/C28H32N2O7/c31-28(23-6-4-15-29(21-23)24-7-3-8-25(20-24)30(32)33)37-18-5-17-34-26-12-10-22(11-13-26)14-19-36-27-9-1-2-16-35-27/h3-4,7-8,10-13,15,20-21,27H,1-2,5-6,9,14,16-19H2. The van der Waals surface area contributed by atoms with E-state index >= 15 is 0 Å². The molecule has 0 aliphatic carbocycles. The number of hydrogen-bond acceptors (Lipinski definition) is 8. The molecule has 0 saturated carbocycles. The fraction of sp³-hybridized carbons (Fsp3) is 0.393. The van der Waals surface area contributed by atoms with Crippen molar-refractivity contribution in [3.05, 3.63) is 88.3 Å². The van der Waals surface area contributed by atoms with Crippen LogP contribution in [-0.4, -0.2) is 43.6 Å². The van der Waals surface area contributed by atoms with Gasteiger partial charge >= 0.3 is 5.97 Å². The number of nitrogens with zero attached hydrogens (tertiary/aromatic N) is 2. The number of carbonyl (C=O) groups is 1. The minimum Gasteiger partial charge on any atom is -0.493 e. The summed E-state index contributed by atoms with van der Waals surface area (Å²) in [6.45, 7) is 2.07. The van der Waals surface area contributed by atoms with Gasteiger partial charge in [0.15, 0.2) is 6.29 Å². The van der Waals surface area contributed by atoms with E-state index in [0.717, 1.165) is 38.0 Å². The number of esters is 1. The lowest BCUT2D eigenvalue weighted by molar-refractivity contribution is -0.384. The summed E-state index contributed by atoms with van der Waals surface area (Å²) in [6.07, 6.45) is 10.2. The first-order valence-corrected chi connectivity index (χ1v) is 12.6. The van der Waals surface area contributed by atoms with E-state index in [-0.39, 0.29) is 18.6 Å². The van der Waals surface area contributed by atoms with Crippen LogP contribution < -0.4 is 9.64 Å². The number of nitro groups is 1. The van der Waals surface area contributed by atoms with Crippen molar-refractivity contribution >= 4 is 17.3 Å². The molecule has 2 aliphatic heterocycles. The Hall–Kier alpha value is -3.69. The minimum absolute atomic E-state index is 0.0116. The highest BCUT2D eigenvalue weighted by Crippen LogP contribution is 2.25. The zero-order valence-corrected chi connectivity index (χ0v) is 20.8. The molecule has 0 aromatic heterocycles. The van der Waals surface area contributed by atoms with Gasteiger partial charge in [0.2, 0.25) is 0 Å². The van der Waals surface area contributed by atoms with Gasteiger partial charge in [0.05, 0.1) is 36.0 Å². The fourth-order valence-electron chi connectivity index (χ4n) is 4.03. The lowest BCUT2D eigenvalue weighted by Gasteiger charge is -2.22. The van der Waals surface area contributed by atoms with Gasteiger partial charge in [-0.25, -0.2) is 4.79 Å². The zero-order valence-electron chi connectivity index (χ0n) is 20.8. The molecule has 1 fully saturated rings. The van der Waals surface area contributed by atoms with E-state index in [2.05, 4.69) is 0 Å². The molecular weight excluding hydrogens is 476 g/mol. The van der Waals surface area contributed by atoms with Crippen LogP contribution >= 0.6 is 0 Å². The van der Waals surface area contributed by atoms with Gasteiger partial charge in [-0.2, -0.15) is 0 Å². The Bertz CT molecular complexity index is 1110. The van der Waals surface area contributed by atoms with Crippen LogP contribution in [0.4, 0.5) is 11.4 Å². The number of nitro benzene ring substituents is 1. The highest BCUT2D eigenvalue weighted by Gasteiger charge is 2.17. The molecule has 2 aromatic rings. The van der Waals surface area contributed by atoms with Gasteiger partial charge in [-0.3, -0.25) is 10.1 Å². The number of ether oxygens (including phenoxy) is 4. The van der Waals surface area contributed by atoms with Crippen molar-refractivity contribution in [3.63, 3.8) is 0 Å². The van der Waals surface area contributed by atoms with Crippen molar-refractivity contribution < 1.29 is 28.7 Å². The fourth-order valence-corrected chi connectivity index (χ4v) is 4.03. The molecule has 4 rings (SSSR count). The van der Waals surface area contributed by atoms with E-state index in [1.807, 2.05) is 30.3 Å². The molecule has 2 aromatic carbocycles. The van der Waals surface area contributed by atoms with Crippen LogP contribution in [0.5, 0.6) is 5.75 Å². The van der Waals surface area contributed by atoms with Crippen LogP contribution in [0.15, 0.2) is 72.6 Å². The van der Waals surface area contributed by atoms with Gasteiger partial charge in [0, 0.05) is 44.0 Å². The van der Waals surface area contributed by atoms with Crippen molar-refractivity contribution in [2.24, 2.45) is 0 Å². The Kier molecular flexibility index (Phi) is 9.67. The first kappa shape index (κ1) is 26.4. The van der Waals surface area contributed by atoms with Crippen molar-refractivity contribution in [2.45, 2.75) is 44.8 Å². The van der Waals surface area contributed by atoms with Crippen LogP contribution in [0.1, 0.15) is 37.7 Å². The minimum atomic E-state index is -0.448. The predicted octanol–water partition coefficient (Wildman–Crippen LogP) is 5.30. The third-order valence-electron chi connectivity index (χ3n) is 6.05. The number of carbonyl (C=O) groups excluding carboxylic acids is 1. The maximum atomic E-state index is 12.5. The summed E-state index contributed by atoms with van der Waals surface area (Å²) in [5, 5.41) is 11.0. The summed E-state index contributed by atoms with van der Waals surface area (Å²) in [6, 6.07) is 14.1. The van der Waals surface area contributed by atoms with Crippen molar-refractivity contribution in [2.75, 3.05) is 31.3 Å².